The van der Waals surface area contributed by atoms with Crippen molar-refractivity contribution in [1.82, 2.24) is 0 Å². The normalized spacial score (nSPS) is 16.6. The Morgan fingerprint density at radius 3 is 2.86 bits per heavy atom. The number of hydrogen-bond donors (Lipinski definition) is 1. The van der Waals surface area contributed by atoms with Crippen LogP contribution in [0.1, 0.15) is 29.2 Å². The molecule has 0 aliphatic heterocycles. The van der Waals surface area contributed by atoms with Gasteiger partial charge in [-0.25, -0.2) is 0 Å². The van der Waals surface area contributed by atoms with Crippen molar-refractivity contribution < 1.29 is 4.92 Å². The third kappa shape index (κ3) is 2.78. The summed E-state index contributed by atoms with van der Waals surface area (Å²) in [5, 5.41) is 14.4. The van der Waals surface area contributed by atoms with Gasteiger partial charge in [-0.2, -0.15) is 0 Å². The van der Waals surface area contributed by atoms with Crippen LogP contribution in [0, 0.1) is 17.0 Å². The molecule has 0 amide bonds. The van der Waals surface area contributed by atoms with Gasteiger partial charge in [0.15, 0.2) is 0 Å². The first-order chi connectivity index (χ1) is 10.0. The molecule has 0 bridgehead atoms. The van der Waals surface area contributed by atoms with Crippen molar-refractivity contribution in [3.8, 4) is 0 Å². The molecule has 3 rings (SSSR count). The van der Waals surface area contributed by atoms with E-state index >= 15 is 0 Å². The maximum atomic E-state index is 11.0. The van der Waals surface area contributed by atoms with E-state index in [9.17, 15) is 10.1 Å². The number of halogens is 1. The zero-order valence-corrected chi connectivity index (χ0v) is 13.2. The average molecular weight is 347 g/mol. The topological polar surface area (TPSA) is 55.2 Å². The Kier molecular flexibility index (Phi) is 3.68. The fraction of sp³-hybridized carbons (Fsp3) is 0.250. The van der Waals surface area contributed by atoms with Gasteiger partial charge in [-0.3, -0.25) is 10.1 Å². The molecule has 0 saturated carbocycles. The Morgan fingerprint density at radius 2 is 2.10 bits per heavy atom. The lowest BCUT2D eigenvalue weighted by Gasteiger charge is -2.16. The zero-order chi connectivity index (χ0) is 15.0. The van der Waals surface area contributed by atoms with Crippen LogP contribution in [0.5, 0.6) is 0 Å². The Balaban J connectivity index is 1.88. The molecule has 0 heterocycles. The summed E-state index contributed by atoms with van der Waals surface area (Å²) in [7, 11) is 0. The Morgan fingerprint density at radius 1 is 1.29 bits per heavy atom. The van der Waals surface area contributed by atoms with E-state index in [1.807, 2.05) is 6.07 Å². The minimum Gasteiger partial charge on any atom is -0.378 e. The highest BCUT2D eigenvalue weighted by Crippen LogP contribution is 2.36. The molecule has 4 nitrogen and oxygen atoms in total. The number of rotatable bonds is 3. The largest absolute Gasteiger partial charge is 0.378 e. The molecule has 2 aromatic rings. The van der Waals surface area contributed by atoms with Crippen molar-refractivity contribution in [2.24, 2.45) is 0 Å². The fourth-order valence-electron chi connectivity index (χ4n) is 2.82. The van der Waals surface area contributed by atoms with Crippen LogP contribution in [0.2, 0.25) is 0 Å². The molecule has 21 heavy (non-hydrogen) atoms. The molecule has 1 unspecified atom stereocenters. The maximum absolute atomic E-state index is 11.0. The van der Waals surface area contributed by atoms with E-state index in [1.165, 1.54) is 16.7 Å². The van der Waals surface area contributed by atoms with Crippen molar-refractivity contribution in [3.05, 3.63) is 67.7 Å². The predicted octanol–water partition coefficient (Wildman–Crippen LogP) is 4.77. The number of aryl methyl sites for hydroxylation is 2. The van der Waals surface area contributed by atoms with Gasteiger partial charge in [0.05, 0.1) is 15.4 Å². The second-order valence-electron chi connectivity index (χ2n) is 5.36. The fourth-order valence-corrected chi connectivity index (χ4v) is 3.21. The molecule has 2 aromatic carbocycles. The summed E-state index contributed by atoms with van der Waals surface area (Å²) in [5.74, 6) is 0. The van der Waals surface area contributed by atoms with Crippen LogP contribution in [0.3, 0.4) is 0 Å². The molecular weight excluding hydrogens is 332 g/mol. The van der Waals surface area contributed by atoms with Crippen molar-refractivity contribution in [2.45, 2.75) is 25.8 Å². The quantitative estimate of drug-likeness (QED) is 0.643. The molecule has 0 spiro atoms. The number of fused-ring (bicyclic) bond motifs is 1. The monoisotopic (exact) mass is 346 g/mol. The highest BCUT2D eigenvalue weighted by atomic mass is 79.9. The summed E-state index contributed by atoms with van der Waals surface area (Å²) in [4.78, 5) is 10.6. The van der Waals surface area contributed by atoms with E-state index in [1.54, 1.807) is 12.1 Å². The number of nitrogens with one attached hydrogen (secondary N) is 1. The van der Waals surface area contributed by atoms with Crippen molar-refractivity contribution >= 4 is 27.3 Å². The smallest absolute Gasteiger partial charge is 0.285 e. The number of nitro benzene ring substituents is 1. The molecule has 108 valence electrons. The van der Waals surface area contributed by atoms with Crippen LogP contribution in [0.25, 0.3) is 0 Å². The number of anilines is 1. The lowest BCUT2D eigenvalue weighted by atomic mass is 10.0. The third-order valence-corrected chi connectivity index (χ3v) is 4.53. The molecule has 1 atom stereocenters. The molecule has 0 fully saturated rings. The van der Waals surface area contributed by atoms with Gasteiger partial charge in [0, 0.05) is 11.8 Å². The SMILES string of the molecule is Cc1ccc2c(c1)C(Nc1ccc(Br)c([N+](=O)[O-])c1)CC2. The minimum atomic E-state index is -0.373. The molecular formula is C16H15BrN2O2. The van der Waals surface area contributed by atoms with Crippen LogP contribution in [0.15, 0.2) is 40.9 Å². The second-order valence-corrected chi connectivity index (χ2v) is 6.22. The average Bonchev–Trinajstić information content (AvgIpc) is 2.83. The third-order valence-electron chi connectivity index (χ3n) is 3.86. The van der Waals surface area contributed by atoms with Crippen LogP contribution < -0.4 is 5.32 Å². The van der Waals surface area contributed by atoms with Gasteiger partial charge >= 0.3 is 0 Å². The van der Waals surface area contributed by atoms with Gasteiger partial charge < -0.3 is 5.32 Å². The number of nitrogens with zero attached hydrogens (tertiary/aromatic N) is 1. The van der Waals surface area contributed by atoms with E-state index in [0.717, 1.165) is 18.5 Å². The van der Waals surface area contributed by atoms with Crippen molar-refractivity contribution in [3.63, 3.8) is 0 Å². The Hall–Kier alpha value is -1.88. The Labute approximate surface area is 131 Å². The summed E-state index contributed by atoms with van der Waals surface area (Å²) in [6.45, 7) is 2.08. The molecule has 0 radical (unpaired) electrons. The first kappa shape index (κ1) is 14.1. The highest BCUT2D eigenvalue weighted by molar-refractivity contribution is 9.10. The molecule has 1 aliphatic rings. The van der Waals surface area contributed by atoms with Gasteiger partial charge in [-0.15, -0.1) is 0 Å². The van der Waals surface area contributed by atoms with Crippen LogP contribution in [-0.4, -0.2) is 4.92 Å². The molecule has 0 aromatic heterocycles. The van der Waals surface area contributed by atoms with Crippen LogP contribution in [-0.2, 0) is 6.42 Å². The van der Waals surface area contributed by atoms with Crippen molar-refractivity contribution in [1.29, 1.82) is 0 Å². The second kappa shape index (κ2) is 5.48. The van der Waals surface area contributed by atoms with Crippen LogP contribution >= 0.6 is 15.9 Å². The molecule has 1 aliphatic carbocycles. The lowest BCUT2D eigenvalue weighted by molar-refractivity contribution is -0.385. The van der Waals surface area contributed by atoms with E-state index in [2.05, 4.69) is 46.4 Å². The first-order valence-corrected chi connectivity index (χ1v) is 7.64. The van der Waals surface area contributed by atoms with Gasteiger partial charge in [-0.05, 0) is 59.0 Å². The minimum absolute atomic E-state index is 0.0856. The number of hydrogen-bond acceptors (Lipinski definition) is 3. The number of benzene rings is 2. The van der Waals surface area contributed by atoms with Gasteiger partial charge in [0.2, 0.25) is 0 Å². The maximum Gasteiger partial charge on any atom is 0.285 e. The summed E-state index contributed by atoms with van der Waals surface area (Å²) in [5.41, 5.74) is 4.78. The first-order valence-electron chi connectivity index (χ1n) is 6.84. The zero-order valence-electron chi connectivity index (χ0n) is 11.6. The van der Waals surface area contributed by atoms with Gasteiger partial charge in [0.25, 0.3) is 5.69 Å². The molecule has 1 N–H and O–H groups in total. The van der Waals surface area contributed by atoms with Gasteiger partial charge in [0.1, 0.15) is 0 Å². The standard InChI is InChI=1S/C16H15BrN2O2/c1-10-2-3-11-4-7-15(13(11)8-10)18-12-5-6-14(17)16(9-12)19(20)21/h2-3,5-6,8-9,15,18H,4,7H2,1H3. The lowest BCUT2D eigenvalue weighted by Crippen LogP contribution is -2.07. The summed E-state index contributed by atoms with van der Waals surface area (Å²) < 4.78 is 0.501. The van der Waals surface area contributed by atoms with Crippen LogP contribution in [0.4, 0.5) is 11.4 Å². The summed E-state index contributed by atoms with van der Waals surface area (Å²) >= 11 is 3.21. The van der Waals surface area contributed by atoms with Gasteiger partial charge in [-0.1, -0.05) is 23.8 Å². The summed E-state index contributed by atoms with van der Waals surface area (Å²) in [6, 6.07) is 11.9. The van der Waals surface area contributed by atoms with E-state index < -0.39 is 0 Å². The van der Waals surface area contributed by atoms with E-state index in [-0.39, 0.29) is 16.7 Å². The highest BCUT2D eigenvalue weighted by Gasteiger charge is 2.23. The Bertz CT molecular complexity index is 715. The number of nitro groups is 1. The molecule has 0 saturated heterocycles. The molecule has 5 heteroatoms. The van der Waals surface area contributed by atoms with E-state index in [0.29, 0.717) is 4.47 Å². The summed E-state index contributed by atoms with van der Waals surface area (Å²) in [6.07, 6.45) is 2.06. The van der Waals surface area contributed by atoms with E-state index in [4.69, 9.17) is 0 Å². The predicted molar refractivity (Wildman–Crippen MR) is 86.7 cm³/mol. The van der Waals surface area contributed by atoms with Crippen molar-refractivity contribution in [2.75, 3.05) is 5.32 Å².